The number of hydrogen-bond donors (Lipinski definition) is 3. The van der Waals surface area contributed by atoms with Crippen LogP contribution in [0.5, 0.6) is 0 Å². The number of anilines is 1. The van der Waals surface area contributed by atoms with Gasteiger partial charge in [0.1, 0.15) is 5.60 Å². The molecule has 0 saturated heterocycles. The van der Waals surface area contributed by atoms with E-state index in [1.165, 1.54) is 17.4 Å². The normalized spacial score (nSPS) is 13.8. The molecule has 8 heteroatoms. The molecule has 0 aliphatic heterocycles. The highest BCUT2D eigenvalue weighted by atomic mass is 35.5. The summed E-state index contributed by atoms with van der Waals surface area (Å²) >= 11 is 7.17. The largest absolute Gasteiger partial charge is 0.384 e. The molecule has 2 rings (SSSR count). The quantitative estimate of drug-likeness (QED) is 0.778. The first-order valence-corrected chi connectivity index (χ1v) is 7.04. The third kappa shape index (κ3) is 3.24. The molecule has 0 aromatic carbocycles. The Kier molecular flexibility index (Phi) is 4.22. The summed E-state index contributed by atoms with van der Waals surface area (Å²) in [6.07, 6.45) is 0. The predicted octanol–water partition coefficient (Wildman–Crippen LogP) is 1.61. The van der Waals surface area contributed by atoms with Crippen molar-refractivity contribution >= 4 is 34.7 Å². The second-order valence-electron chi connectivity index (χ2n) is 4.43. The lowest BCUT2D eigenvalue weighted by atomic mass is 9.99. The molecule has 2 aromatic rings. The maximum atomic E-state index is 11.3. The van der Waals surface area contributed by atoms with E-state index in [1.54, 1.807) is 6.92 Å². The standard InChI is InChI=1S/C12H13ClN4O2S/c1-12(19,7-2-3-20-5-7)6-15-11-8(10(14)18)4-9(13)16-17-11/h2-5,19H,6H2,1H3,(H2,14,18)(H,15,17). The van der Waals surface area contributed by atoms with E-state index < -0.39 is 11.5 Å². The number of nitrogens with one attached hydrogen (secondary N) is 1. The number of rotatable bonds is 5. The van der Waals surface area contributed by atoms with Crippen LogP contribution in [-0.4, -0.2) is 27.8 Å². The van der Waals surface area contributed by atoms with Crippen LogP contribution in [0.25, 0.3) is 0 Å². The van der Waals surface area contributed by atoms with E-state index in [9.17, 15) is 9.90 Å². The molecule has 1 atom stereocenters. The van der Waals surface area contributed by atoms with Crippen LogP contribution in [-0.2, 0) is 5.60 Å². The maximum Gasteiger partial charge on any atom is 0.252 e. The van der Waals surface area contributed by atoms with Crippen molar-refractivity contribution in [2.24, 2.45) is 5.73 Å². The zero-order valence-corrected chi connectivity index (χ0v) is 12.2. The molecule has 0 saturated carbocycles. The Balaban J connectivity index is 2.17. The summed E-state index contributed by atoms with van der Waals surface area (Å²) in [5.74, 6) is -0.475. The molecule has 2 heterocycles. The molecular weight excluding hydrogens is 300 g/mol. The summed E-state index contributed by atoms with van der Waals surface area (Å²) in [6.45, 7) is 1.82. The minimum Gasteiger partial charge on any atom is -0.384 e. The van der Waals surface area contributed by atoms with Gasteiger partial charge in [-0.3, -0.25) is 4.79 Å². The number of nitrogens with two attached hydrogens (primary N) is 1. The van der Waals surface area contributed by atoms with Gasteiger partial charge >= 0.3 is 0 Å². The number of nitrogens with zero attached hydrogens (tertiary/aromatic N) is 2. The number of amides is 1. The summed E-state index contributed by atoms with van der Waals surface area (Å²) in [7, 11) is 0. The fourth-order valence-corrected chi connectivity index (χ4v) is 2.54. The zero-order chi connectivity index (χ0) is 14.8. The smallest absolute Gasteiger partial charge is 0.252 e. The monoisotopic (exact) mass is 312 g/mol. The number of carbonyl (C=O) groups excluding carboxylic acids is 1. The van der Waals surface area contributed by atoms with E-state index in [2.05, 4.69) is 15.5 Å². The van der Waals surface area contributed by atoms with Crippen LogP contribution in [0.15, 0.2) is 22.9 Å². The van der Waals surface area contributed by atoms with Gasteiger partial charge in [0.2, 0.25) is 0 Å². The van der Waals surface area contributed by atoms with E-state index >= 15 is 0 Å². The van der Waals surface area contributed by atoms with Crippen molar-refractivity contribution in [2.75, 3.05) is 11.9 Å². The highest BCUT2D eigenvalue weighted by Gasteiger charge is 2.24. The summed E-state index contributed by atoms with van der Waals surface area (Å²) in [6, 6.07) is 3.16. The fraction of sp³-hybridized carbons (Fsp3) is 0.250. The molecule has 6 nitrogen and oxygen atoms in total. The lowest BCUT2D eigenvalue weighted by molar-refractivity contribution is 0.0718. The first kappa shape index (κ1) is 14.7. The molecule has 0 aliphatic carbocycles. The average Bonchev–Trinajstić information content (AvgIpc) is 2.91. The molecule has 106 valence electrons. The summed E-state index contributed by atoms with van der Waals surface area (Å²) in [4.78, 5) is 11.3. The van der Waals surface area contributed by atoms with Crippen LogP contribution in [0.3, 0.4) is 0 Å². The lowest BCUT2D eigenvalue weighted by Gasteiger charge is -2.23. The molecule has 0 bridgehead atoms. The molecule has 4 N–H and O–H groups in total. The van der Waals surface area contributed by atoms with Crippen LogP contribution < -0.4 is 11.1 Å². The summed E-state index contributed by atoms with van der Waals surface area (Å²) < 4.78 is 0. The SMILES string of the molecule is CC(O)(CNc1nnc(Cl)cc1C(N)=O)c1ccsc1. The van der Waals surface area contributed by atoms with Crippen molar-refractivity contribution in [1.29, 1.82) is 0 Å². The Hall–Kier alpha value is -1.70. The number of thiophene rings is 1. The third-order valence-corrected chi connectivity index (χ3v) is 3.64. The third-order valence-electron chi connectivity index (χ3n) is 2.77. The van der Waals surface area contributed by atoms with Crippen LogP contribution in [0.1, 0.15) is 22.8 Å². The molecule has 1 amide bonds. The highest BCUT2D eigenvalue weighted by Crippen LogP contribution is 2.24. The van der Waals surface area contributed by atoms with Gasteiger partial charge in [-0.2, -0.15) is 11.3 Å². The first-order valence-electron chi connectivity index (χ1n) is 5.72. The van der Waals surface area contributed by atoms with Crippen molar-refractivity contribution in [3.63, 3.8) is 0 Å². The van der Waals surface area contributed by atoms with E-state index in [0.717, 1.165) is 5.56 Å². The number of halogens is 1. The van der Waals surface area contributed by atoms with Crippen LogP contribution in [0, 0.1) is 0 Å². The Labute approximate surface area is 124 Å². The van der Waals surface area contributed by atoms with Crippen molar-refractivity contribution < 1.29 is 9.90 Å². The number of carbonyl (C=O) groups is 1. The van der Waals surface area contributed by atoms with Gasteiger partial charge in [-0.15, -0.1) is 10.2 Å². The van der Waals surface area contributed by atoms with Gasteiger partial charge in [0.15, 0.2) is 11.0 Å². The van der Waals surface area contributed by atoms with Gasteiger partial charge in [0, 0.05) is 6.54 Å². The Bertz CT molecular complexity index is 616. The summed E-state index contributed by atoms with van der Waals surface area (Å²) in [5.41, 5.74) is 5.06. The minimum absolute atomic E-state index is 0.0777. The predicted molar refractivity (Wildman–Crippen MR) is 77.9 cm³/mol. The molecule has 0 spiro atoms. The van der Waals surface area contributed by atoms with Crippen molar-refractivity contribution in [3.8, 4) is 0 Å². The van der Waals surface area contributed by atoms with Gasteiger partial charge < -0.3 is 16.2 Å². The first-order chi connectivity index (χ1) is 9.40. The van der Waals surface area contributed by atoms with E-state index in [-0.39, 0.29) is 23.1 Å². The van der Waals surface area contributed by atoms with E-state index in [0.29, 0.717) is 0 Å². The zero-order valence-electron chi connectivity index (χ0n) is 10.6. The molecule has 0 fully saturated rings. The van der Waals surface area contributed by atoms with Gasteiger partial charge in [-0.1, -0.05) is 11.6 Å². The van der Waals surface area contributed by atoms with Gasteiger partial charge in [-0.25, -0.2) is 0 Å². The van der Waals surface area contributed by atoms with Crippen molar-refractivity contribution in [1.82, 2.24) is 10.2 Å². The number of primary amides is 1. The number of aromatic nitrogens is 2. The lowest BCUT2D eigenvalue weighted by Crippen LogP contribution is -2.31. The van der Waals surface area contributed by atoms with Crippen LogP contribution >= 0.6 is 22.9 Å². The molecule has 2 aromatic heterocycles. The van der Waals surface area contributed by atoms with Crippen LogP contribution in [0.4, 0.5) is 5.82 Å². The second-order valence-corrected chi connectivity index (χ2v) is 5.60. The molecule has 0 radical (unpaired) electrons. The van der Waals surface area contributed by atoms with Crippen LogP contribution in [0.2, 0.25) is 5.15 Å². The van der Waals surface area contributed by atoms with Crippen molar-refractivity contribution in [2.45, 2.75) is 12.5 Å². The minimum atomic E-state index is -1.10. The Morgan fingerprint density at radius 3 is 2.95 bits per heavy atom. The van der Waals surface area contributed by atoms with E-state index in [1.807, 2.05) is 16.8 Å². The maximum absolute atomic E-state index is 11.3. The van der Waals surface area contributed by atoms with E-state index in [4.69, 9.17) is 17.3 Å². The van der Waals surface area contributed by atoms with Crippen molar-refractivity contribution in [3.05, 3.63) is 39.2 Å². The number of hydrogen-bond acceptors (Lipinski definition) is 6. The van der Waals surface area contributed by atoms with Gasteiger partial charge in [0.05, 0.1) is 5.56 Å². The second kappa shape index (κ2) is 5.74. The Morgan fingerprint density at radius 2 is 2.35 bits per heavy atom. The molecular formula is C12H13ClN4O2S. The highest BCUT2D eigenvalue weighted by molar-refractivity contribution is 7.08. The van der Waals surface area contributed by atoms with Gasteiger partial charge in [0.25, 0.3) is 5.91 Å². The topological polar surface area (TPSA) is 101 Å². The number of aliphatic hydroxyl groups is 1. The van der Waals surface area contributed by atoms with Gasteiger partial charge in [-0.05, 0) is 35.4 Å². The summed E-state index contributed by atoms with van der Waals surface area (Å²) in [5, 5.41) is 24.5. The molecule has 0 aliphatic rings. The molecule has 20 heavy (non-hydrogen) atoms. The molecule has 1 unspecified atom stereocenters. The average molecular weight is 313 g/mol. The Morgan fingerprint density at radius 1 is 1.60 bits per heavy atom. The fourth-order valence-electron chi connectivity index (χ4n) is 1.62.